The summed E-state index contributed by atoms with van der Waals surface area (Å²) < 4.78 is 0. The summed E-state index contributed by atoms with van der Waals surface area (Å²) in [5.74, 6) is 2.52. The monoisotopic (exact) mass is 521 g/mol. The number of anilines is 4. The number of para-hydroxylation sites is 1. The van der Waals surface area contributed by atoms with E-state index in [1.165, 1.54) is 42.4 Å². The summed E-state index contributed by atoms with van der Waals surface area (Å²) in [4.78, 5) is 11.8. The molecule has 1 fully saturated rings. The van der Waals surface area contributed by atoms with Crippen molar-refractivity contribution in [1.29, 1.82) is 0 Å². The van der Waals surface area contributed by atoms with E-state index in [2.05, 4.69) is 79.0 Å². The van der Waals surface area contributed by atoms with Crippen LogP contribution in [0.3, 0.4) is 0 Å². The lowest BCUT2D eigenvalue weighted by atomic mass is 9.82. The number of nitrogens with zero attached hydrogens (tertiary/aromatic N) is 3. The fourth-order valence-corrected chi connectivity index (χ4v) is 7.02. The van der Waals surface area contributed by atoms with Crippen LogP contribution in [0.5, 0.6) is 0 Å². The van der Waals surface area contributed by atoms with Crippen LogP contribution in [-0.4, -0.2) is 48.3 Å². The molecule has 1 aromatic heterocycles. The van der Waals surface area contributed by atoms with Crippen LogP contribution in [0.15, 0.2) is 36.5 Å². The van der Waals surface area contributed by atoms with Gasteiger partial charge in [0.25, 0.3) is 0 Å². The highest BCUT2D eigenvalue weighted by Gasteiger charge is 2.30. The van der Waals surface area contributed by atoms with Gasteiger partial charge in [0.1, 0.15) is 5.02 Å². The Labute approximate surface area is 221 Å². The van der Waals surface area contributed by atoms with Gasteiger partial charge < -0.3 is 15.5 Å². The first-order valence-electron chi connectivity index (χ1n) is 13.0. The molecule has 1 aliphatic carbocycles. The van der Waals surface area contributed by atoms with Crippen LogP contribution < -0.4 is 15.9 Å². The fraction of sp³-hybridized carbons (Fsp3) is 0.448. The van der Waals surface area contributed by atoms with Crippen molar-refractivity contribution in [3.8, 4) is 0 Å². The second kappa shape index (κ2) is 10.7. The average molecular weight is 522 g/mol. The van der Waals surface area contributed by atoms with Gasteiger partial charge in [0.2, 0.25) is 5.95 Å². The molecule has 1 saturated heterocycles. The minimum atomic E-state index is -0.260. The van der Waals surface area contributed by atoms with Crippen LogP contribution in [0.4, 0.5) is 23.1 Å². The molecule has 36 heavy (non-hydrogen) atoms. The number of aromatic nitrogens is 2. The van der Waals surface area contributed by atoms with Gasteiger partial charge >= 0.3 is 0 Å². The van der Waals surface area contributed by atoms with Gasteiger partial charge in [0.05, 0.1) is 6.20 Å². The third kappa shape index (κ3) is 5.25. The first kappa shape index (κ1) is 25.4. The van der Waals surface area contributed by atoms with Gasteiger partial charge in [-0.1, -0.05) is 44.6 Å². The third-order valence-corrected chi connectivity index (χ3v) is 9.29. The normalized spacial score (nSPS) is 18.5. The second-order valence-electron chi connectivity index (χ2n) is 10.8. The largest absolute Gasteiger partial charge is 0.338 e. The number of fused-ring (bicyclic) bond motifs is 1. The molecule has 0 bridgehead atoms. The topological polar surface area (TPSA) is 53.1 Å². The lowest BCUT2D eigenvalue weighted by Gasteiger charge is -2.32. The van der Waals surface area contributed by atoms with Crippen molar-refractivity contribution in [3.05, 3.63) is 63.8 Å². The van der Waals surface area contributed by atoms with Crippen molar-refractivity contribution < 1.29 is 0 Å². The van der Waals surface area contributed by atoms with Gasteiger partial charge in [-0.25, -0.2) is 4.98 Å². The maximum absolute atomic E-state index is 6.52. The van der Waals surface area contributed by atoms with E-state index in [4.69, 9.17) is 16.6 Å². The summed E-state index contributed by atoms with van der Waals surface area (Å²) in [6, 6.07) is 10.7. The average Bonchev–Trinajstić information content (AvgIpc) is 3.24. The minimum Gasteiger partial charge on any atom is -0.338 e. The molecule has 0 spiro atoms. The summed E-state index contributed by atoms with van der Waals surface area (Å²) in [5, 5.41) is 8.84. The molecule has 0 amide bonds. The van der Waals surface area contributed by atoms with Crippen LogP contribution in [-0.2, 0) is 12.8 Å². The molecule has 3 aromatic rings. The molecule has 2 aliphatic rings. The van der Waals surface area contributed by atoms with E-state index in [0.717, 1.165) is 24.2 Å². The van der Waals surface area contributed by atoms with Gasteiger partial charge in [-0.15, -0.1) is 0 Å². The summed E-state index contributed by atoms with van der Waals surface area (Å²) >= 11 is 6.52. The second-order valence-corrected chi connectivity index (χ2v) is 13.4. The van der Waals surface area contributed by atoms with Gasteiger partial charge in [-0.2, -0.15) is 4.98 Å². The smallest absolute Gasteiger partial charge is 0.229 e. The van der Waals surface area contributed by atoms with E-state index in [0.29, 0.717) is 28.6 Å². The van der Waals surface area contributed by atoms with E-state index in [1.54, 1.807) is 17.3 Å². The highest BCUT2D eigenvalue weighted by Crippen LogP contribution is 2.43. The molecule has 0 radical (unpaired) electrons. The van der Waals surface area contributed by atoms with Gasteiger partial charge in [0.15, 0.2) is 5.82 Å². The highest BCUT2D eigenvalue weighted by atomic mass is 35.5. The van der Waals surface area contributed by atoms with Crippen molar-refractivity contribution in [2.45, 2.75) is 45.4 Å². The van der Waals surface area contributed by atoms with Crippen molar-refractivity contribution in [2.75, 3.05) is 44.1 Å². The highest BCUT2D eigenvalue weighted by molar-refractivity contribution is 7.64. The number of hydrogen-bond donors (Lipinski definition) is 2. The zero-order valence-electron chi connectivity index (χ0n) is 22.0. The number of benzene rings is 2. The standard InChI is InChI=1S/C29H37ClN5P/c1-18-14-21-22(15-18)27(20-10-12-35(3)13-11-20)19(2)16-25(21)33-29-31-17-23(30)28(34-29)32-24-8-6-7-9-26(24)36(4)5/h6-9,16-18,20H,10-15H2,1-5H3,(H2,31,32,33,34). The van der Waals surface area contributed by atoms with Crippen molar-refractivity contribution in [1.82, 2.24) is 14.9 Å². The minimum absolute atomic E-state index is 0.260. The Morgan fingerprint density at radius 1 is 1.03 bits per heavy atom. The van der Waals surface area contributed by atoms with Crippen molar-refractivity contribution in [2.24, 2.45) is 5.92 Å². The number of hydrogen-bond acceptors (Lipinski definition) is 5. The number of halogens is 1. The first-order chi connectivity index (χ1) is 17.3. The Bertz CT molecular complexity index is 1250. The summed E-state index contributed by atoms with van der Waals surface area (Å²) in [6.07, 6.45) is 6.44. The van der Waals surface area contributed by atoms with E-state index >= 15 is 0 Å². The SMILES string of the molecule is Cc1cc(Nc2ncc(Cl)c(Nc3ccccc3P(C)C)n2)c2c(c1C1CCN(C)CC1)CC(C)C2. The van der Waals surface area contributed by atoms with Crippen LogP contribution >= 0.6 is 19.5 Å². The molecule has 1 atom stereocenters. The summed E-state index contributed by atoms with van der Waals surface area (Å²) in [6.45, 7) is 11.5. The molecule has 2 aromatic carbocycles. The van der Waals surface area contributed by atoms with Crippen LogP contribution in [0.1, 0.15) is 47.9 Å². The van der Waals surface area contributed by atoms with Crippen molar-refractivity contribution >= 4 is 48.0 Å². The zero-order chi connectivity index (χ0) is 25.4. The summed E-state index contributed by atoms with van der Waals surface area (Å²) in [5.41, 5.74) is 8.21. The van der Waals surface area contributed by atoms with E-state index in [9.17, 15) is 0 Å². The Kier molecular flexibility index (Phi) is 7.53. The van der Waals surface area contributed by atoms with E-state index in [-0.39, 0.29) is 7.92 Å². The van der Waals surface area contributed by atoms with Gasteiger partial charge in [-0.05, 0) is 118 Å². The quantitative estimate of drug-likeness (QED) is 0.348. The Balaban J connectivity index is 1.45. The molecule has 5 nitrogen and oxygen atoms in total. The molecule has 5 rings (SSSR count). The number of likely N-dealkylation sites (tertiary alicyclic amines) is 1. The number of nitrogens with one attached hydrogen (secondary N) is 2. The summed E-state index contributed by atoms with van der Waals surface area (Å²) in [7, 11) is 1.98. The Morgan fingerprint density at radius 3 is 2.50 bits per heavy atom. The molecule has 0 saturated carbocycles. The van der Waals surface area contributed by atoms with Crippen LogP contribution in [0.25, 0.3) is 0 Å². The van der Waals surface area contributed by atoms with Crippen LogP contribution in [0.2, 0.25) is 5.02 Å². The Hall–Kier alpha value is -2.20. The fourth-order valence-electron chi connectivity index (χ4n) is 5.89. The lowest BCUT2D eigenvalue weighted by Crippen LogP contribution is -2.30. The number of aryl methyl sites for hydroxylation is 1. The van der Waals surface area contributed by atoms with E-state index in [1.807, 2.05) is 6.07 Å². The number of piperidine rings is 1. The molecule has 1 aliphatic heterocycles. The maximum Gasteiger partial charge on any atom is 0.229 e. The molecular formula is C29H37ClN5P. The van der Waals surface area contributed by atoms with Crippen molar-refractivity contribution in [3.63, 3.8) is 0 Å². The third-order valence-electron chi connectivity index (χ3n) is 7.66. The molecule has 7 heteroatoms. The van der Waals surface area contributed by atoms with E-state index < -0.39 is 0 Å². The maximum atomic E-state index is 6.52. The van der Waals surface area contributed by atoms with Crippen LogP contribution in [0, 0.1) is 12.8 Å². The van der Waals surface area contributed by atoms with Gasteiger partial charge in [0, 0.05) is 11.4 Å². The van der Waals surface area contributed by atoms with Gasteiger partial charge in [-0.3, -0.25) is 0 Å². The molecule has 190 valence electrons. The zero-order valence-corrected chi connectivity index (χ0v) is 23.7. The predicted molar refractivity (Wildman–Crippen MR) is 156 cm³/mol. The first-order valence-corrected chi connectivity index (χ1v) is 15.6. The lowest BCUT2D eigenvalue weighted by molar-refractivity contribution is 0.254. The Morgan fingerprint density at radius 2 is 1.75 bits per heavy atom. The molecule has 2 N–H and O–H groups in total. The molecular weight excluding hydrogens is 485 g/mol. The molecule has 2 heterocycles. The molecule has 1 unspecified atom stereocenters. The number of rotatable bonds is 6. The predicted octanol–water partition coefficient (Wildman–Crippen LogP) is 6.84.